The lowest BCUT2D eigenvalue weighted by molar-refractivity contribution is -0.146. The van der Waals surface area contributed by atoms with E-state index in [9.17, 15) is 9.59 Å². The van der Waals surface area contributed by atoms with Crippen LogP contribution < -0.4 is 0 Å². The molecular formula is C11H19NO5. The van der Waals surface area contributed by atoms with E-state index in [0.29, 0.717) is 32.7 Å². The second kappa shape index (κ2) is 5.86. The third-order valence-electron chi connectivity index (χ3n) is 2.77. The fourth-order valence-corrected chi connectivity index (χ4v) is 1.84. The maximum Gasteiger partial charge on any atom is 0.407 e. The molecule has 0 aromatic carbocycles. The Hall–Kier alpha value is -1.30. The minimum atomic E-state index is -0.948. The van der Waals surface area contributed by atoms with Crippen LogP contribution in [0.3, 0.4) is 0 Å². The number of amides is 1. The first kappa shape index (κ1) is 13.8. The van der Waals surface area contributed by atoms with Crippen molar-refractivity contribution in [2.24, 2.45) is 0 Å². The number of rotatable bonds is 4. The van der Waals surface area contributed by atoms with Gasteiger partial charge in [0.05, 0.1) is 25.4 Å². The highest BCUT2D eigenvalue weighted by atomic mass is 16.5. The number of hydrogen-bond donors (Lipinski definition) is 1. The molecule has 0 spiro atoms. The lowest BCUT2D eigenvalue weighted by Gasteiger charge is -2.39. The van der Waals surface area contributed by atoms with Crippen LogP contribution in [0.15, 0.2) is 0 Å². The van der Waals surface area contributed by atoms with E-state index < -0.39 is 11.7 Å². The van der Waals surface area contributed by atoms with E-state index in [1.807, 2.05) is 6.92 Å². The maximum absolute atomic E-state index is 11.2. The highest BCUT2D eigenvalue weighted by Gasteiger charge is 2.34. The van der Waals surface area contributed by atoms with E-state index in [2.05, 4.69) is 0 Å². The van der Waals surface area contributed by atoms with Crippen LogP contribution in [-0.2, 0) is 14.3 Å². The van der Waals surface area contributed by atoms with Crippen molar-refractivity contribution in [1.29, 1.82) is 0 Å². The van der Waals surface area contributed by atoms with Gasteiger partial charge in [0, 0.05) is 13.0 Å². The summed E-state index contributed by atoms with van der Waals surface area (Å²) in [5.74, 6) is -0.273. The molecule has 98 valence electrons. The van der Waals surface area contributed by atoms with Gasteiger partial charge in [-0.25, -0.2) is 4.79 Å². The molecule has 6 heteroatoms. The van der Waals surface area contributed by atoms with Crippen molar-refractivity contribution in [1.82, 2.24) is 4.90 Å². The van der Waals surface area contributed by atoms with Gasteiger partial charge in [0.25, 0.3) is 0 Å². The van der Waals surface area contributed by atoms with Crippen molar-refractivity contribution in [2.75, 3.05) is 26.3 Å². The van der Waals surface area contributed by atoms with Crippen LogP contribution in [0.2, 0.25) is 0 Å². The van der Waals surface area contributed by atoms with Gasteiger partial charge >= 0.3 is 12.1 Å². The van der Waals surface area contributed by atoms with Crippen molar-refractivity contribution in [3.63, 3.8) is 0 Å². The Morgan fingerprint density at radius 2 is 2.24 bits per heavy atom. The molecule has 1 aliphatic rings. The molecule has 1 heterocycles. The quantitative estimate of drug-likeness (QED) is 0.750. The highest BCUT2D eigenvalue weighted by Crippen LogP contribution is 2.23. The first-order valence-electron chi connectivity index (χ1n) is 5.74. The van der Waals surface area contributed by atoms with E-state index in [1.54, 1.807) is 6.92 Å². The molecule has 1 fully saturated rings. The van der Waals surface area contributed by atoms with Gasteiger partial charge < -0.3 is 19.5 Å². The van der Waals surface area contributed by atoms with Crippen LogP contribution in [-0.4, -0.2) is 54.0 Å². The molecule has 0 aliphatic carbocycles. The molecule has 17 heavy (non-hydrogen) atoms. The Morgan fingerprint density at radius 1 is 1.53 bits per heavy atom. The van der Waals surface area contributed by atoms with Gasteiger partial charge in [-0.3, -0.25) is 4.79 Å². The summed E-state index contributed by atoms with van der Waals surface area (Å²) in [4.78, 5) is 23.4. The van der Waals surface area contributed by atoms with Crippen molar-refractivity contribution in [2.45, 2.75) is 32.3 Å². The Balaban J connectivity index is 2.44. The molecular weight excluding hydrogens is 226 g/mol. The minimum Gasteiger partial charge on any atom is -0.466 e. The summed E-state index contributed by atoms with van der Waals surface area (Å²) in [6.45, 7) is 4.97. The molecule has 0 aromatic heterocycles. The maximum atomic E-state index is 11.2. The third-order valence-corrected chi connectivity index (χ3v) is 2.77. The molecule has 1 aliphatic heterocycles. The lowest BCUT2D eigenvalue weighted by Crippen LogP contribution is -2.51. The van der Waals surface area contributed by atoms with Crippen molar-refractivity contribution in [3.05, 3.63) is 0 Å². The number of morpholine rings is 1. The summed E-state index contributed by atoms with van der Waals surface area (Å²) in [6.07, 6.45) is -0.233. The van der Waals surface area contributed by atoms with E-state index in [1.165, 1.54) is 4.90 Å². The van der Waals surface area contributed by atoms with E-state index >= 15 is 0 Å². The Labute approximate surface area is 100 Å². The van der Waals surface area contributed by atoms with E-state index in [-0.39, 0.29) is 12.4 Å². The van der Waals surface area contributed by atoms with Gasteiger partial charge in [-0.05, 0) is 20.3 Å². The number of carbonyl (C=O) groups is 2. The number of hydrogen-bond acceptors (Lipinski definition) is 4. The van der Waals surface area contributed by atoms with Crippen LogP contribution in [0.1, 0.15) is 26.7 Å². The van der Waals surface area contributed by atoms with Crippen LogP contribution in [0.5, 0.6) is 0 Å². The lowest BCUT2D eigenvalue weighted by atomic mass is 9.98. The van der Waals surface area contributed by atoms with Gasteiger partial charge in [-0.2, -0.15) is 0 Å². The average Bonchev–Trinajstić information content (AvgIpc) is 2.27. The van der Waals surface area contributed by atoms with Crippen molar-refractivity contribution >= 4 is 12.1 Å². The standard InChI is InChI=1S/C11H19NO5/c1-3-16-9(13)4-5-11(2)8-12(10(14)15)6-7-17-11/h3-8H2,1-2H3,(H,14,15). The van der Waals surface area contributed by atoms with Crippen molar-refractivity contribution in [3.8, 4) is 0 Å². The second-order valence-electron chi connectivity index (χ2n) is 4.31. The first-order chi connectivity index (χ1) is 7.97. The van der Waals surface area contributed by atoms with Crippen LogP contribution in [0, 0.1) is 0 Å². The fraction of sp³-hybridized carbons (Fsp3) is 0.818. The highest BCUT2D eigenvalue weighted by molar-refractivity contribution is 5.69. The van der Waals surface area contributed by atoms with E-state index in [4.69, 9.17) is 14.6 Å². The SMILES string of the molecule is CCOC(=O)CCC1(C)CN(C(=O)O)CCO1. The smallest absolute Gasteiger partial charge is 0.407 e. The normalized spacial score (nSPS) is 24.5. The van der Waals surface area contributed by atoms with Gasteiger partial charge in [-0.15, -0.1) is 0 Å². The zero-order valence-electron chi connectivity index (χ0n) is 10.3. The molecule has 1 rings (SSSR count). The fourth-order valence-electron chi connectivity index (χ4n) is 1.84. The predicted octanol–water partition coefficient (Wildman–Crippen LogP) is 1.10. The van der Waals surface area contributed by atoms with Gasteiger partial charge in [0.2, 0.25) is 0 Å². The topological polar surface area (TPSA) is 76.1 Å². The van der Waals surface area contributed by atoms with Crippen LogP contribution >= 0.6 is 0 Å². The Kier molecular flexibility index (Phi) is 4.74. The zero-order chi connectivity index (χ0) is 12.9. The molecule has 1 N–H and O–H groups in total. The Morgan fingerprint density at radius 3 is 2.82 bits per heavy atom. The van der Waals surface area contributed by atoms with Gasteiger partial charge in [0.15, 0.2) is 0 Å². The Bertz CT molecular complexity index is 294. The molecule has 1 amide bonds. The molecule has 0 radical (unpaired) electrons. The average molecular weight is 245 g/mol. The third kappa shape index (κ3) is 4.22. The summed E-state index contributed by atoms with van der Waals surface area (Å²) in [5.41, 5.74) is -0.594. The number of nitrogens with zero attached hydrogens (tertiary/aromatic N) is 1. The number of carbonyl (C=O) groups excluding carboxylic acids is 1. The first-order valence-corrected chi connectivity index (χ1v) is 5.74. The zero-order valence-corrected chi connectivity index (χ0v) is 10.3. The summed E-state index contributed by atoms with van der Waals surface area (Å²) in [7, 11) is 0. The monoisotopic (exact) mass is 245 g/mol. The molecule has 6 nitrogen and oxygen atoms in total. The summed E-state index contributed by atoms with van der Waals surface area (Å²) in [6, 6.07) is 0. The molecule has 0 saturated carbocycles. The number of esters is 1. The summed E-state index contributed by atoms with van der Waals surface area (Å²) >= 11 is 0. The molecule has 0 aromatic rings. The molecule has 1 unspecified atom stereocenters. The number of carboxylic acid groups (broad SMARTS) is 1. The summed E-state index contributed by atoms with van der Waals surface area (Å²) in [5, 5.41) is 8.91. The summed E-state index contributed by atoms with van der Waals surface area (Å²) < 4.78 is 10.4. The van der Waals surface area contributed by atoms with E-state index in [0.717, 1.165) is 0 Å². The van der Waals surface area contributed by atoms with Crippen LogP contribution in [0.25, 0.3) is 0 Å². The predicted molar refractivity (Wildman–Crippen MR) is 59.8 cm³/mol. The molecule has 1 atom stereocenters. The molecule has 0 bridgehead atoms. The van der Waals surface area contributed by atoms with Crippen LogP contribution in [0.4, 0.5) is 4.79 Å². The minimum absolute atomic E-state index is 0.248. The number of ether oxygens (including phenoxy) is 2. The second-order valence-corrected chi connectivity index (χ2v) is 4.31. The van der Waals surface area contributed by atoms with Gasteiger partial charge in [-0.1, -0.05) is 0 Å². The molecule has 1 saturated heterocycles. The van der Waals surface area contributed by atoms with Gasteiger partial charge in [0.1, 0.15) is 0 Å². The van der Waals surface area contributed by atoms with Crippen molar-refractivity contribution < 1.29 is 24.2 Å². The largest absolute Gasteiger partial charge is 0.466 e.